The Hall–Kier alpha value is -1.42. The van der Waals surface area contributed by atoms with Crippen molar-refractivity contribution in [1.29, 1.82) is 0 Å². The molecule has 0 aliphatic heterocycles. The maximum atomic E-state index is 10.5. The van der Waals surface area contributed by atoms with Gasteiger partial charge in [0.2, 0.25) is 0 Å². The summed E-state index contributed by atoms with van der Waals surface area (Å²) in [5.74, 6) is 0.348. The van der Waals surface area contributed by atoms with Crippen LogP contribution in [-0.4, -0.2) is 17.5 Å². The summed E-state index contributed by atoms with van der Waals surface area (Å²) in [6, 6.07) is 7.15. The molecule has 0 radical (unpaired) electrons. The second kappa shape index (κ2) is 5.61. The van der Waals surface area contributed by atoms with Crippen molar-refractivity contribution in [3.63, 3.8) is 0 Å². The number of nitro groups is 1. The molecule has 0 aromatic heterocycles. The molecule has 0 bridgehead atoms. The van der Waals surface area contributed by atoms with Crippen LogP contribution in [0.4, 0.5) is 5.69 Å². The summed E-state index contributed by atoms with van der Waals surface area (Å²) >= 11 is 0. The van der Waals surface area contributed by atoms with Crippen molar-refractivity contribution in [2.45, 2.75) is 32.7 Å². The standard InChI is InChI=1S/C12H18N2O2/c1-4-13-10(3)9(2)11-5-7-12(8-6-11)14(15)16/h5-10,13H,4H2,1-3H3. The normalized spacial score (nSPS) is 14.4. The van der Waals surface area contributed by atoms with E-state index >= 15 is 0 Å². The number of nitrogens with zero attached hydrogens (tertiary/aromatic N) is 1. The molecule has 2 unspecified atom stereocenters. The highest BCUT2D eigenvalue weighted by molar-refractivity contribution is 5.34. The van der Waals surface area contributed by atoms with Crippen LogP contribution in [0.25, 0.3) is 0 Å². The first-order valence-electron chi connectivity index (χ1n) is 5.54. The Morgan fingerprint density at radius 3 is 2.31 bits per heavy atom. The van der Waals surface area contributed by atoms with Crippen LogP contribution in [0.3, 0.4) is 0 Å². The largest absolute Gasteiger partial charge is 0.314 e. The lowest BCUT2D eigenvalue weighted by Crippen LogP contribution is -2.30. The van der Waals surface area contributed by atoms with Gasteiger partial charge < -0.3 is 5.32 Å². The minimum atomic E-state index is -0.373. The zero-order valence-electron chi connectivity index (χ0n) is 9.93. The maximum Gasteiger partial charge on any atom is 0.269 e. The molecule has 0 saturated carbocycles. The molecule has 1 rings (SSSR count). The van der Waals surface area contributed by atoms with Crippen LogP contribution in [0.5, 0.6) is 0 Å². The number of hydrogen-bond acceptors (Lipinski definition) is 3. The Morgan fingerprint density at radius 1 is 1.31 bits per heavy atom. The molecule has 1 N–H and O–H groups in total. The van der Waals surface area contributed by atoms with Crippen molar-refractivity contribution >= 4 is 5.69 Å². The maximum absolute atomic E-state index is 10.5. The van der Waals surface area contributed by atoms with Gasteiger partial charge in [-0.3, -0.25) is 10.1 Å². The highest BCUT2D eigenvalue weighted by atomic mass is 16.6. The average molecular weight is 222 g/mol. The van der Waals surface area contributed by atoms with Crippen LogP contribution in [-0.2, 0) is 0 Å². The molecular weight excluding hydrogens is 204 g/mol. The van der Waals surface area contributed by atoms with E-state index in [1.807, 2.05) is 12.1 Å². The van der Waals surface area contributed by atoms with Gasteiger partial charge >= 0.3 is 0 Å². The molecule has 0 saturated heterocycles. The Bertz CT molecular complexity index is 349. The van der Waals surface area contributed by atoms with E-state index in [1.165, 1.54) is 0 Å². The topological polar surface area (TPSA) is 55.2 Å². The minimum absolute atomic E-state index is 0.145. The first-order chi connectivity index (χ1) is 7.56. The SMILES string of the molecule is CCNC(C)C(C)c1ccc([N+](=O)[O-])cc1. The third kappa shape index (κ3) is 3.03. The fraction of sp³-hybridized carbons (Fsp3) is 0.500. The van der Waals surface area contributed by atoms with Crippen molar-refractivity contribution in [1.82, 2.24) is 5.32 Å². The average Bonchev–Trinajstić information content (AvgIpc) is 2.28. The molecule has 0 aliphatic carbocycles. The second-order valence-corrected chi connectivity index (χ2v) is 3.98. The van der Waals surface area contributed by atoms with Gasteiger partial charge in [0.1, 0.15) is 0 Å². The van der Waals surface area contributed by atoms with Gasteiger partial charge in [0.15, 0.2) is 0 Å². The number of likely N-dealkylation sites (N-methyl/N-ethyl adjacent to an activating group) is 1. The van der Waals surface area contributed by atoms with Crippen LogP contribution >= 0.6 is 0 Å². The lowest BCUT2D eigenvalue weighted by Gasteiger charge is -2.20. The molecule has 88 valence electrons. The molecule has 1 aromatic rings. The van der Waals surface area contributed by atoms with E-state index in [0.717, 1.165) is 12.1 Å². The zero-order chi connectivity index (χ0) is 12.1. The number of benzene rings is 1. The van der Waals surface area contributed by atoms with Gasteiger partial charge in [0.05, 0.1) is 4.92 Å². The third-order valence-electron chi connectivity index (χ3n) is 2.91. The van der Waals surface area contributed by atoms with E-state index in [9.17, 15) is 10.1 Å². The summed E-state index contributed by atoms with van der Waals surface area (Å²) in [7, 11) is 0. The molecule has 0 spiro atoms. The first kappa shape index (κ1) is 12.6. The molecule has 16 heavy (non-hydrogen) atoms. The quantitative estimate of drug-likeness (QED) is 0.615. The highest BCUT2D eigenvalue weighted by Crippen LogP contribution is 2.21. The van der Waals surface area contributed by atoms with Gasteiger partial charge in [-0.25, -0.2) is 0 Å². The highest BCUT2D eigenvalue weighted by Gasteiger charge is 2.14. The summed E-state index contributed by atoms with van der Waals surface area (Å²) in [6.45, 7) is 7.24. The third-order valence-corrected chi connectivity index (χ3v) is 2.91. The molecule has 4 heteroatoms. The number of hydrogen-bond donors (Lipinski definition) is 1. The summed E-state index contributed by atoms with van der Waals surface area (Å²) in [5.41, 5.74) is 1.27. The van der Waals surface area contributed by atoms with Crippen LogP contribution in [0.15, 0.2) is 24.3 Å². The molecule has 4 nitrogen and oxygen atoms in total. The summed E-state index contributed by atoms with van der Waals surface area (Å²) in [6.07, 6.45) is 0. The molecule has 0 fully saturated rings. The van der Waals surface area contributed by atoms with Gasteiger partial charge in [-0.15, -0.1) is 0 Å². The summed E-state index contributed by atoms with van der Waals surface area (Å²) < 4.78 is 0. The van der Waals surface area contributed by atoms with Crippen molar-refractivity contribution in [3.8, 4) is 0 Å². The van der Waals surface area contributed by atoms with Crippen molar-refractivity contribution in [2.24, 2.45) is 0 Å². The van der Waals surface area contributed by atoms with Gasteiger partial charge in [-0.2, -0.15) is 0 Å². The van der Waals surface area contributed by atoms with E-state index in [1.54, 1.807) is 12.1 Å². The molecular formula is C12H18N2O2. The Morgan fingerprint density at radius 2 is 1.88 bits per heavy atom. The number of nitrogens with one attached hydrogen (secondary N) is 1. The predicted molar refractivity (Wildman–Crippen MR) is 64.7 cm³/mol. The smallest absolute Gasteiger partial charge is 0.269 e. The zero-order valence-corrected chi connectivity index (χ0v) is 9.93. The molecule has 0 aliphatic rings. The molecule has 0 amide bonds. The fourth-order valence-electron chi connectivity index (χ4n) is 1.69. The van der Waals surface area contributed by atoms with Gasteiger partial charge in [0.25, 0.3) is 5.69 Å². The van der Waals surface area contributed by atoms with Crippen molar-refractivity contribution in [2.75, 3.05) is 6.54 Å². The van der Waals surface area contributed by atoms with E-state index in [2.05, 4.69) is 26.1 Å². The molecule has 1 aromatic carbocycles. The minimum Gasteiger partial charge on any atom is -0.314 e. The number of nitro benzene ring substituents is 1. The van der Waals surface area contributed by atoms with Gasteiger partial charge in [0, 0.05) is 18.2 Å². The first-order valence-corrected chi connectivity index (χ1v) is 5.54. The lowest BCUT2D eigenvalue weighted by molar-refractivity contribution is -0.384. The second-order valence-electron chi connectivity index (χ2n) is 3.98. The predicted octanol–water partition coefficient (Wildman–Crippen LogP) is 2.70. The van der Waals surface area contributed by atoms with Crippen LogP contribution in [0.2, 0.25) is 0 Å². The summed E-state index contributed by atoms with van der Waals surface area (Å²) in [4.78, 5) is 10.1. The number of rotatable bonds is 5. The van der Waals surface area contributed by atoms with Crippen LogP contribution in [0.1, 0.15) is 32.3 Å². The molecule has 0 heterocycles. The van der Waals surface area contributed by atoms with Crippen LogP contribution in [0, 0.1) is 10.1 Å². The van der Waals surface area contributed by atoms with Crippen LogP contribution < -0.4 is 5.32 Å². The van der Waals surface area contributed by atoms with E-state index in [0.29, 0.717) is 12.0 Å². The summed E-state index contributed by atoms with van der Waals surface area (Å²) in [5, 5.41) is 13.9. The lowest BCUT2D eigenvalue weighted by atomic mass is 9.94. The van der Waals surface area contributed by atoms with Gasteiger partial charge in [-0.1, -0.05) is 26.0 Å². The van der Waals surface area contributed by atoms with E-state index in [4.69, 9.17) is 0 Å². The molecule has 2 atom stereocenters. The van der Waals surface area contributed by atoms with E-state index in [-0.39, 0.29) is 10.6 Å². The van der Waals surface area contributed by atoms with Crippen molar-refractivity contribution in [3.05, 3.63) is 39.9 Å². The Labute approximate surface area is 95.8 Å². The Balaban J connectivity index is 2.77. The van der Waals surface area contributed by atoms with Gasteiger partial charge in [-0.05, 0) is 24.9 Å². The number of non-ortho nitro benzene ring substituents is 1. The van der Waals surface area contributed by atoms with Crippen molar-refractivity contribution < 1.29 is 4.92 Å². The monoisotopic (exact) mass is 222 g/mol. The fourth-order valence-corrected chi connectivity index (χ4v) is 1.69. The Kier molecular flexibility index (Phi) is 4.43. The van der Waals surface area contributed by atoms with E-state index < -0.39 is 0 Å².